The van der Waals surface area contributed by atoms with Gasteiger partial charge in [-0.25, -0.2) is 19.2 Å². The van der Waals surface area contributed by atoms with Gasteiger partial charge in [-0.15, -0.1) is 0 Å². The van der Waals surface area contributed by atoms with Gasteiger partial charge in [-0.1, -0.05) is 47.7 Å². The van der Waals surface area contributed by atoms with Crippen molar-refractivity contribution in [2.24, 2.45) is 0 Å². The van der Waals surface area contributed by atoms with E-state index in [1.54, 1.807) is 64.0 Å². The minimum absolute atomic E-state index is 0. The molecule has 0 aliphatic rings. The standard InChI is InChI=1S/C9H10O4.3C7H18O3Si.2C6H8O3.C3H3ClO.2CH4/c1-5-8(10)12-7(4)13-9(11)6(2)3;3*1-8-6-5-7-11(4,9-2)10-3;2*1-4(2)6(8)9-5(3)7;1-2-3(4)5;;/h5H,1-2,4H2,3H3;3*5-7H2,1-4H3;2*7H,1,3H2,2H3;2H,1H2;2*1H4. The zero-order valence-corrected chi connectivity index (χ0v) is 47.6. The van der Waals surface area contributed by atoms with Gasteiger partial charge in [0.2, 0.25) is 5.24 Å². The van der Waals surface area contributed by atoms with Gasteiger partial charge in [0.1, 0.15) is 0 Å². The molecular formula is C47H91ClO20Si3. The molecule has 418 valence electrons. The first-order valence-electron chi connectivity index (χ1n) is 20.4. The van der Waals surface area contributed by atoms with Crippen molar-refractivity contribution in [1.29, 1.82) is 0 Å². The summed E-state index contributed by atoms with van der Waals surface area (Å²) in [6.07, 6.45) is 5.02. The molecule has 0 aliphatic carbocycles. The molecule has 0 radical (unpaired) electrons. The molecule has 20 nitrogen and oxygen atoms in total. The van der Waals surface area contributed by atoms with Gasteiger partial charge in [0.15, 0.2) is 0 Å². The Morgan fingerprint density at radius 3 is 0.831 bits per heavy atom. The molecule has 0 amide bonds. The number of hydrogen-bond donors (Lipinski definition) is 2. The van der Waals surface area contributed by atoms with Crippen LogP contribution >= 0.6 is 11.6 Å². The van der Waals surface area contributed by atoms with Crippen LogP contribution in [0.2, 0.25) is 37.8 Å². The van der Waals surface area contributed by atoms with E-state index >= 15 is 0 Å². The van der Waals surface area contributed by atoms with Crippen LogP contribution in [0.15, 0.2) is 99.3 Å². The molecule has 0 heterocycles. The highest BCUT2D eigenvalue weighted by atomic mass is 35.5. The first-order chi connectivity index (χ1) is 31.9. The molecule has 24 heteroatoms. The van der Waals surface area contributed by atoms with Crippen LogP contribution < -0.4 is 0 Å². The molecule has 0 bridgehead atoms. The summed E-state index contributed by atoms with van der Waals surface area (Å²) < 4.78 is 63.7. The van der Waals surface area contributed by atoms with Gasteiger partial charge in [-0.05, 0) is 115 Å². The lowest BCUT2D eigenvalue weighted by Crippen LogP contribution is -2.36. The first kappa shape index (κ1) is 86.4. The summed E-state index contributed by atoms with van der Waals surface area (Å²) in [6, 6.07) is 2.98. The second kappa shape index (κ2) is 55.0. The normalized spacial score (nSPS) is 9.63. The molecule has 0 fully saturated rings. The van der Waals surface area contributed by atoms with Crippen molar-refractivity contribution < 1.29 is 93.9 Å². The van der Waals surface area contributed by atoms with Crippen LogP contribution in [0.3, 0.4) is 0 Å². The number of ether oxygens (including phenoxy) is 7. The van der Waals surface area contributed by atoms with Gasteiger partial charge < -0.3 is 69.9 Å². The minimum Gasteiger partial charge on any atom is -0.481 e. The van der Waals surface area contributed by atoms with Gasteiger partial charge in [0, 0.05) is 107 Å². The summed E-state index contributed by atoms with van der Waals surface area (Å²) in [5, 5.41) is 16.1. The Hall–Kier alpha value is -4.35. The van der Waals surface area contributed by atoms with E-state index in [1.165, 1.54) is 20.8 Å². The van der Waals surface area contributed by atoms with E-state index in [4.69, 9.17) is 62.6 Å². The maximum atomic E-state index is 10.8. The topological polar surface area (TPSA) is 246 Å². The Bertz CT molecular complexity index is 1450. The van der Waals surface area contributed by atoms with Crippen LogP contribution in [0.25, 0.3) is 0 Å². The maximum absolute atomic E-state index is 10.8. The van der Waals surface area contributed by atoms with Crippen LogP contribution in [0, 0.1) is 0 Å². The average molecular weight is 1100 g/mol. The van der Waals surface area contributed by atoms with Crippen molar-refractivity contribution in [1.82, 2.24) is 0 Å². The van der Waals surface area contributed by atoms with Crippen LogP contribution in [-0.4, -0.2) is 149 Å². The number of aliphatic hydroxyl groups is 2. The Morgan fingerprint density at radius 1 is 0.465 bits per heavy atom. The van der Waals surface area contributed by atoms with E-state index in [2.05, 4.69) is 91.2 Å². The van der Waals surface area contributed by atoms with Crippen molar-refractivity contribution in [3.63, 3.8) is 0 Å². The lowest BCUT2D eigenvalue weighted by molar-refractivity contribution is -0.148. The van der Waals surface area contributed by atoms with Gasteiger partial charge in [0.25, 0.3) is 17.8 Å². The predicted molar refractivity (Wildman–Crippen MR) is 287 cm³/mol. The summed E-state index contributed by atoms with van der Waals surface area (Å²) >= 11 is 4.71. The van der Waals surface area contributed by atoms with E-state index in [9.17, 15) is 24.0 Å². The Balaban J connectivity index is -0.0000000908. The number of allylic oxidation sites excluding steroid dienone is 1. The fraction of sp³-hybridized carbons (Fsp3) is 0.553. The van der Waals surface area contributed by atoms with Crippen molar-refractivity contribution in [3.05, 3.63) is 99.3 Å². The smallest absolute Gasteiger partial charge is 0.340 e. The number of rotatable bonds is 27. The summed E-state index contributed by atoms with van der Waals surface area (Å²) in [5.41, 5.74) is 0.645. The SMILES string of the molecule is C.C.C=C(O)OC(=O)C(=C)C.C=C(O)OC(=O)C(=C)C.C=CC(=O)Cl.C=CC(=O)OC(=C)OC(=O)C(=C)C.COCCC[Si](C)(OC)OC.COCCC[Si](C)(OC)OC.COCCC[Si](C)(OC)OC. The molecule has 71 heavy (non-hydrogen) atoms. The monoisotopic (exact) mass is 1090 g/mol. The molecule has 0 saturated carbocycles. The lowest BCUT2D eigenvalue weighted by atomic mass is 10.4. The van der Waals surface area contributed by atoms with E-state index in [0.717, 1.165) is 69.4 Å². The third-order valence-corrected chi connectivity index (χ3v) is 16.9. The summed E-state index contributed by atoms with van der Waals surface area (Å²) in [6.45, 7) is 38.2. The maximum Gasteiger partial charge on any atom is 0.340 e. The van der Waals surface area contributed by atoms with Crippen molar-refractivity contribution >= 4 is 66.4 Å². The van der Waals surface area contributed by atoms with Crippen LogP contribution in [0.4, 0.5) is 0 Å². The number of aliphatic hydroxyl groups excluding tert-OH is 2. The van der Waals surface area contributed by atoms with Gasteiger partial charge in [-0.2, -0.15) is 0 Å². The number of carbonyl (C=O) groups is 5. The number of esters is 4. The van der Waals surface area contributed by atoms with Crippen LogP contribution in [0.5, 0.6) is 0 Å². The lowest BCUT2D eigenvalue weighted by Gasteiger charge is -2.22. The molecule has 0 rings (SSSR count). The van der Waals surface area contributed by atoms with Gasteiger partial charge >= 0.3 is 49.6 Å². The van der Waals surface area contributed by atoms with E-state index < -0.39 is 72.6 Å². The number of halogens is 1. The Kier molecular flexibility index (Phi) is 66.9. The minimum atomic E-state index is -1.81. The van der Waals surface area contributed by atoms with E-state index in [1.807, 2.05) is 0 Å². The number of hydrogen-bond acceptors (Lipinski definition) is 20. The van der Waals surface area contributed by atoms with Gasteiger partial charge in [-0.3, -0.25) is 4.79 Å². The molecule has 0 aliphatic heterocycles. The Morgan fingerprint density at radius 2 is 0.690 bits per heavy atom. The highest BCUT2D eigenvalue weighted by Gasteiger charge is 2.29. The molecule has 0 unspecified atom stereocenters. The number of carbonyl (C=O) groups excluding carboxylic acids is 5. The molecule has 0 aromatic rings. The second-order valence-corrected chi connectivity index (χ2v) is 24.8. The molecule has 0 atom stereocenters. The zero-order valence-electron chi connectivity index (χ0n) is 43.8. The average Bonchev–Trinajstić information content (AvgIpc) is 3.29. The zero-order chi connectivity index (χ0) is 55.8. The summed E-state index contributed by atoms with van der Waals surface area (Å²) in [7, 11) is 9.94. The number of methoxy groups -OCH3 is 3. The summed E-state index contributed by atoms with van der Waals surface area (Å²) in [4.78, 5) is 51.7. The third kappa shape index (κ3) is 65.7. The Labute approximate surface area is 434 Å². The predicted octanol–water partition coefficient (Wildman–Crippen LogP) is 9.95. The molecular weight excluding hydrogens is 1000 g/mol. The van der Waals surface area contributed by atoms with Crippen LogP contribution in [0.1, 0.15) is 54.9 Å². The molecule has 0 saturated heterocycles. The van der Waals surface area contributed by atoms with Crippen molar-refractivity contribution in [3.8, 4) is 0 Å². The fourth-order valence-corrected chi connectivity index (χ4v) is 7.31. The van der Waals surface area contributed by atoms with Gasteiger partial charge in [0.05, 0.1) is 0 Å². The molecule has 0 spiro atoms. The molecule has 0 aromatic carbocycles. The second-order valence-electron chi connectivity index (χ2n) is 13.7. The fourth-order valence-electron chi connectivity index (χ4n) is 3.23. The molecule has 2 N–H and O–H groups in total. The highest BCUT2D eigenvalue weighted by molar-refractivity contribution is 6.67. The first-order valence-corrected chi connectivity index (χ1v) is 28.3. The quantitative estimate of drug-likeness (QED) is 0.0148. The van der Waals surface area contributed by atoms with E-state index in [-0.39, 0.29) is 31.6 Å². The molecule has 0 aromatic heterocycles. The van der Waals surface area contributed by atoms with E-state index in [0.29, 0.717) is 0 Å². The van der Waals surface area contributed by atoms with Crippen LogP contribution in [-0.2, 0) is 83.7 Å². The van der Waals surface area contributed by atoms with Crippen molar-refractivity contribution in [2.75, 3.05) is 83.8 Å². The van der Waals surface area contributed by atoms with Crippen molar-refractivity contribution in [2.45, 2.75) is 92.7 Å². The third-order valence-electron chi connectivity index (χ3n) is 7.74. The highest BCUT2D eigenvalue weighted by Crippen LogP contribution is 2.15. The summed E-state index contributed by atoms with van der Waals surface area (Å²) in [5.74, 6) is -4.37. The largest absolute Gasteiger partial charge is 0.481 e.